The van der Waals surface area contributed by atoms with Crippen molar-refractivity contribution in [3.8, 4) is 0 Å². The molecule has 0 aliphatic carbocycles. The smallest absolute Gasteiger partial charge is 0.419 e. The minimum absolute atomic E-state index is 0.271. The number of benzene rings is 1. The SMILES string of the molecule is CCCCCCCCCCCC(CCC)OC(=O)c1ccc(F)c(C(F)(F)F)c1. The molecule has 0 radical (unpaired) electrons. The lowest BCUT2D eigenvalue weighted by molar-refractivity contribution is -0.140. The Bertz CT molecular complexity index is 599. The molecule has 29 heavy (non-hydrogen) atoms. The second kappa shape index (κ2) is 13.6. The van der Waals surface area contributed by atoms with Gasteiger partial charge in [0, 0.05) is 0 Å². The molecule has 0 saturated carbocycles. The predicted octanol–water partition coefficient (Wildman–Crippen LogP) is 8.09. The number of unbranched alkanes of at least 4 members (excludes halogenated alkanes) is 8. The lowest BCUT2D eigenvalue weighted by atomic mass is 10.0. The van der Waals surface area contributed by atoms with Gasteiger partial charge in [-0.2, -0.15) is 13.2 Å². The molecule has 0 saturated heterocycles. The second-order valence-corrected chi connectivity index (χ2v) is 7.63. The highest BCUT2D eigenvalue weighted by Gasteiger charge is 2.35. The van der Waals surface area contributed by atoms with Gasteiger partial charge in [-0.3, -0.25) is 0 Å². The molecule has 0 N–H and O–H groups in total. The topological polar surface area (TPSA) is 26.3 Å². The van der Waals surface area contributed by atoms with Gasteiger partial charge in [0.2, 0.25) is 0 Å². The number of rotatable bonds is 14. The van der Waals surface area contributed by atoms with Crippen LogP contribution in [0.4, 0.5) is 17.6 Å². The number of alkyl halides is 3. The Balaban J connectivity index is 2.46. The van der Waals surface area contributed by atoms with Gasteiger partial charge in [0.25, 0.3) is 0 Å². The minimum Gasteiger partial charge on any atom is -0.459 e. The van der Waals surface area contributed by atoms with Crippen LogP contribution in [0.25, 0.3) is 0 Å². The number of carbonyl (C=O) groups is 1. The molecule has 6 heteroatoms. The number of carbonyl (C=O) groups excluding carboxylic acids is 1. The summed E-state index contributed by atoms with van der Waals surface area (Å²) >= 11 is 0. The average Bonchev–Trinajstić information content (AvgIpc) is 2.66. The van der Waals surface area contributed by atoms with Crippen molar-refractivity contribution >= 4 is 5.97 Å². The van der Waals surface area contributed by atoms with Crippen LogP contribution in [0, 0.1) is 5.82 Å². The molecule has 166 valence electrons. The molecule has 0 aliphatic rings. The molecule has 0 bridgehead atoms. The van der Waals surface area contributed by atoms with Gasteiger partial charge in [0.15, 0.2) is 0 Å². The molecule has 0 fully saturated rings. The normalized spacial score (nSPS) is 12.8. The van der Waals surface area contributed by atoms with Gasteiger partial charge in [0.05, 0.1) is 11.1 Å². The van der Waals surface area contributed by atoms with E-state index in [2.05, 4.69) is 6.92 Å². The highest BCUT2D eigenvalue weighted by molar-refractivity contribution is 5.89. The summed E-state index contributed by atoms with van der Waals surface area (Å²) in [4.78, 5) is 12.3. The molecule has 0 amide bonds. The Hall–Kier alpha value is -1.59. The van der Waals surface area contributed by atoms with Crippen LogP contribution in [0.1, 0.15) is 107 Å². The molecule has 1 unspecified atom stereocenters. The quantitative estimate of drug-likeness (QED) is 0.173. The minimum atomic E-state index is -4.85. The molecule has 1 atom stereocenters. The first-order valence-corrected chi connectivity index (χ1v) is 10.9. The fourth-order valence-electron chi connectivity index (χ4n) is 3.36. The predicted molar refractivity (Wildman–Crippen MR) is 107 cm³/mol. The van der Waals surface area contributed by atoms with Crippen LogP contribution in [0.5, 0.6) is 0 Å². The van der Waals surface area contributed by atoms with E-state index < -0.39 is 23.5 Å². The van der Waals surface area contributed by atoms with Crippen molar-refractivity contribution in [1.29, 1.82) is 0 Å². The van der Waals surface area contributed by atoms with Crippen molar-refractivity contribution in [2.24, 2.45) is 0 Å². The average molecular weight is 419 g/mol. The fraction of sp³-hybridized carbons (Fsp3) is 0.696. The Labute approximate surface area is 172 Å². The molecule has 0 spiro atoms. The van der Waals surface area contributed by atoms with E-state index in [4.69, 9.17) is 4.74 Å². The van der Waals surface area contributed by atoms with Crippen molar-refractivity contribution in [3.63, 3.8) is 0 Å². The van der Waals surface area contributed by atoms with E-state index in [0.29, 0.717) is 25.0 Å². The Morgan fingerprint density at radius 1 is 0.897 bits per heavy atom. The lowest BCUT2D eigenvalue weighted by Gasteiger charge is -2.18. The molecule has 2 nitrogen and oxygen atoms in total. The van der Waals surface area contributed by atoms with Crippen molar-refractivity contribution in [2.75, 3.05) is 0 Å². The molecular formula is C23H34F4O2. The van der Waals surface area contributed by atoms with E-state index in [-0.39, 0.29) is 11.7 Å². The summed E-state index contributed by atoms with van der Waals surface area (Å²) in [5, 5.41) is 0. The van der Waals surface area contributed by atoms with Crippen molar-refractivity contribution in [1.82, 2.24) is 0 Å². The third kappa shape index (κ3) is 10.1. The van der Waals surface area contributed by atoms with E-state index in [1.807, 2.05) is 6.92 Å². The van der Waals surface area contributed by atoms with Crippen LogP contribution in [-0.4, -0.2) is 12.1 Å². The number of halogens is 4. The summed E-state index contributed by atoms with van der Waals surface area (Å²) in [5.41, 5.74) is -1.72. The first kappa shape index (κ1) is 25.4. The maximum absolute atomic E-state index is 13.4. The van der Waals surface area contributed by atoms with Gasteiger partial charge in [0.1, 0.15) is 11.9 Å². The Morgan fingerprint density at radius 2 is 1.48 bits per heavy atom. The number of hydrogen-bond donors (Lipinski definition) is 0. The number of ether oxygens (including phenoxy) is 1. The summed E-state index contributed by atoms with van der Waals surface area (Å²) in [7, 11) is 0. The van der Waals surface area contributed by atoms with Crippen molar-refractivity contribution < 1.29 is 27.1 Å². The first-order chi connectivity index (χ1) is 13.8. The van der Waals surface area contributed by atoms with Gasteiger partial charge in [-0.05, 0) is 37.5 Å². The maximum Gasteiger partial charge on any atom is 0.419 e. The molecule has 1 rings (SSSR count). The van der Waals surface area contributed by atoms with Gasteiger partial charge in [-0.15, -0.1) is 0 Å². The zero-order chi connectivity index (χ0) is 21.7. The molecule has 1 aromatic carbocycles. The molecule has 0 aromatic heterocycles. The van der Waals surface area contributed by atoms with E-state index in [1.165, 1.54) is 38.5 Å². The highest BCUT2D eigenvalue weighted by atomic mass is 19.4. The molecule has 0 aliphatic heterocycles. The molecular weight excluding hydrogens is 384 g/mol. The van der Waals surface area contributed by atoms with Crippen LogP contribution >= 0.6 is 0 Å². The Kier molecular flexibility index (Phi) is 11.9. The zero-order valence-corrected chi connectivity index (χ0v) is 17.6. The molecule has 1 aromatic rings. The van der Waals surface area contributed by atoms with Gasteiger partial charge in [-0.25, -0.2) is 9.18 Å². The van der Waals surface area contributed by atoms with Crippen LogP contribution in [0.15, 0.2) is 18.2 Å². The van der Waals surface area contributed by atoms with Gasteiger partial charge in [-0.1, -0.05) is 71.6 Å². The third-order valence-corrected chi connectivity index (χ3v) is 5.02. The summed E-state index contributed by atoms with van der Waals surface area (Å²) < 4.78 is 57.3. The van der Waals surface area contributed by atoms with Crippen LogP contribution in [-0.2, 0) is 10.9 Å². The van der Waals surface area contributed by atoms with Crippen LogP contribution < -0.4 is 0 Å². The van der Waals surface area contributed by atoms with Crippen molar-refractivity contribution in [2.45, 2.75) is 103 Å². The summed E-state index contributed by atoms with van der Waals surface area (Å²) in [6.07, 6.45) is 7.69. The summed E-state index contributed by atoms with van der Waals surface area (Å²) in [5.74, 6) is -2.22. The lowest BCUT2D eigenvalue weighted by Crippen LogP contribution is -2.19. The molecule has 0 heterocycles. The van der Waals surface area contributed by atoms with E-state index >= 15 is 0 Å². The Morgan fingerprint density at radius 3 is 2.03 bits per heavy atom. The van der Waals surface area contributed by atoms with Crippen molar-refractivity contribution in [3.05, 3.63) is 35.1 Å². The summed E-state index contributed by atoms with van der Waals surface area (Å²) in [6, 6.07) is 2.22. The van der Waals surface area contributed by atoms with Gasteiger partial charge >= 0.3 is 12.1 Å². The highest BCUT2D eigenvalue weighted by Crippen LogP contribution is 2.32. The fourth-order valence-corrected chi connectivity index (χ4v) is 3.36. The second-order valence-electron chi connectivity index (χ2n) is 7.63. The summed E-state index contributed by atoms with van der Waals surface area (Å²) in [6.45, 7) is 4.17. The van der Waals surface area contributed by atoms with E-state index in [0.717, 1.165) is 31.7 Å². The zero-order valence-electron chi connectivity index (χ0n) is 17.6. The van der Waals surface area contributed by atoms with Gasteiger partial charge < -0.3 is 4.74 Å². The maximum atomic E-state index is 13.4. The number of hydrogen-bond acceptors (Lipinski definition) is 2. The van der Waals surface area contributed by atoms with E-state index in [1.54, 1.807) is 0 Å². The monoisotopic (exact) mass is 418 g/mol. The first-order valence-electron chi connectivity index (χ1n) is 10.9. The van der Waals surface area contributed by atoms with Crippen LogP contribution in [0.3, 0.4) is 0 Å². The van der Waals surface area contributed by atoms with Crippen LogP contribution in [0.2, 0.25) is 0 Å². The third-order valence-electron chi connectivity index (χ3n) is 5.02. The standard InChI is InChI=1S/C23H34F4O2/c1-3-5-6-7-8-9-10-11-12-14-19(13-4-2)29-22(28)18-15-16-21(24)20(17-18)23(25,26)27/h15-17,19H,3-14H2,1-2H3. The number of esters is 1. The largest absolute Gasteiger partial charge is 0.459 e. The van der Waals surface area contributed by atoms with E-state index in [9.17, 15) is 22.4 Å².